The molecule has 0 bridgehead atoms. The lowest BCUT2D eigenvalue weighted by Crippen LogP contribution is -2.52. The van der Waals surface area contributed by atoms with E-state index in [0.717, 1.165) is 17.7 Å². The molecule has 0 radical (unpaired) electrons. The van der Waals surface area contributed by atoms with Crippen LogP contribution in [0.5, 0.6) is 0 Å². The fourth-order valence-corrected chi connectivity index (χ4v) is 3.18. The molecule has 0 amide bonds. The molecule has 1 aromatic heterocycles. The Labute approximate surface area is 186 Å². The lowest BCUT2D eigenvalue weighted by Gasteiger charge is -2.37. The minimum Gasteiger partial charge on any atom is -0.386 e. The van der Waals surface area contributed by atoms with Crippen molar-refractivity contribution in [2.24, 2.45) is 4.99 Å². The summed E-state index contributed by atoms with van der Waals surface area (Å²) in [5.74, 6) is -0.162. The molecule has 6 nitrogen and oxygen atoms in total. The standard InChI is InChI=1S/C20H25F2N5O.HI/c1-2-24-20(25-14-19(28)15-5-7-23-8-6-15)27-11-9-26(10-12-27)18-13-16(21)3-4-17(18)22;/h3-8,13,19,28H,2,9-12,14H2,1H3,(H,24,25);1H. The number of aliphatic hydroxyl groups is 1. The maximum Gasteiger partial charge on any atom is 0.194 e. The summed E-state index contributed by atoms with van der Waals surface area (Å²) in [5, 5.41) is 13.6. The van der Waals surface area contributed by atoms with Crippen LogP contribution in [0.25, 0.3) is 0 Å². The molecule has 9 heteroatoms. The molecule has 1 saturated heterocycles. The van der Waals surface area contributed by atoms with Crippen molar-refractivity contribution in [3.05, 3.63) is 59.9 Å². The summed E-state index contributed by atoms with van der Waals surface area (Å²) in [4.78, 5) is 12.4. The number of aromatic nitrogens is 1. The number of guanidine groups is 1. The van der Waals surface area contributed by atoms with E-state index in [2.05, 4.69) is 20.2 Å². The molecule has 1 aromatic carbocycles. The van der Waals surface area contributed by atoms with Crippen molar-refractivity contribution in [3.8, 4) is 0 Å². The third-order valence-electron chi connectivity index (χ3n) is 4.67. The molecule has 0 spiro atoms. The first-order valence-corrected chi connectivity index (χ1v) is 9.39. The summed E-state index contributed by atoms with van der Waals surface area (Å²) >= 11 is 0. The minimum atomic E-state index is -0.709. The molecule has 2 N–H and O–H groups in total. The van der Waals surface area contributed by atoms with Crippen LogP contribution in [0.15, 0.2) is 47.7 Å². The van der Waals surface area contributed by atoms with Crippen LogP contribution in [0, 0.1) is 11.6 Å². The Hall–Kier alpha value is -2.01. The largest absolute Gasteiger partial charge is 0.386 e. The SMILES string of the molecule is CCNC(=NCC(O)c1ccncc1)N1CCN(c2cc(F)ccc2F)CC1.I. The zero-order chi connectivity index (χ0) is 19.9. The molecule has 1 atom stereocenters. The third kappa shape index (κ3) is 6.23. The second-order valence-electron chi connectivity index (χ2n) is 6.56. The maximum absolute atomic E-state index is 14.0. The number of nitrogens with zero attached hydrogens (tertiary/aromatic N) is 4. The van der Waals surface area contributed by atoms with E-state index in [9.17, 15) is 13.9 Å². The van der Waals surface area contributed by atoms with Crippen molar-refractivity contribution in [3.63, 3.8) is 0 Å². The van der Waals surface area contributed by atoms with Crippen LogP contribution >= 0.6 is 24.0 Å². The number of aliphatic imine (C=N–C) groups is 1. The van der Waals surface area contributed by atoms with E-state index in [1.807, 2.05) is 11.8 Å². The van der Waals surface area contributed by atoms with Crippen LogP contribution < -0.4 is 10.2 Å². The van der Waals surface area contributed by atoms with Gasteiger partial charge in [-0.2, -0.15) is 0 Å². The number of hydrogen-bond acceptors (Lipinski definition) is 4. The summed E-state index contributed by atoms with van der Waals surface area (Å²) in [7, 11) is 0. The molecule has 158 valence electrons. The van der Waals surface area contributed by atoms with Gasteiger partial charge in [-0.1, -0.05) is 0 Å². The van der Waals surface area contributed by atoms with Crippen molar-refractivity contribution < 1.29 is 13.9 Å². The highest BCUT2D eigenvalue weighted by Crippen LogP contribution is 2.22. The number of benzene rings is 1. The fraction of sp³-hybridized carbons (Fsp3) is 0.400. The molecule has 0 saturated carbocycles. The van der Waals surface area contributed by atoms with Gasteiger partial charge in [-0.15, -0.1) is 24.0 Å². The first-order valence-electron chi connectivity index (χ1n) is 9.39. The second-order valence-corrected chi connectivity index (χ2v) is 6.56. The minimum absolute atomic E-state index is 0. The van der Waals surface area contributed by atoms with E-state index in [1.165, 1.54) is 6.07 Å². The van der Waals surface area contributed by atoms with Gasteiger partial charge in [0.15, 0.2) is 5.96 Å². The number of anilines is 1. The number of aliphatic hydroxyl groups excluding tert-OH is 1. The van der Waals surface area contributed by atoms with Crippen molar-refractivity contribution in [2.45, 2.75) is 13.0 Å². The first-order chi connectivity index (χ1) is 13.6. The topological polar surface area (TPSA) is 64.0 Å². The Kier molecular flexibility index (Phi) is 9.02. The van der Waals surface area contributed by atoms with Gasteiger partial charge in [0.25, 0.3) is 0 Å². The fourth-order valence-electron chi connectivity index (χ4n) is 3.18. The molecule has 2 aromatic rings. The normalized spacial score (nSPS) is 15.7. The lowest BCUT2D eigenvalue weighted by molar-refractivity contribution is 0.186. The second kappa shape index (κ2) is 11.2. The van der Waals surface area contributed by atoms with Crippen molar-refractivity contribution >= 4 is 35.6 Å². The summed E-state index contributed by atoms with van der Waals surface area (Å²) in [6, 6.07) is 7.04. The Morgan fingerprint density at radius 2 is 1.86 bits per heavy atom. The lowest BCUT2D eigenvalue weighted by atomic mass is 10.1. The average molecular weight is 517 g/mol. The molecule has 29 heavy (non-hydrogen) atoms. The molecule has 1 unspecified atom stereocenters. The Balaban J connectivity index is 0.00000300. The van der Waals surface area contributed by atoms with Gasteiger partial charge in [0.1, 0.15) is 11.6 Å². The van der Waals surface area contributed by atoms with E-state index < -0.39 is 17.7 Å². The molecule has 1 aliphatic rings. The van der Waals surface area contributed by atoms with Gasteiger partial charge < -0.3 is 20.2 Å². The molecule has 0 aliphatic carbocycles. The summed E-state index contributed by atoms with van der Waals surface area (Å²) in [6.45, 7) is 5.25. The van der Waals surface area contributed by atoms with Gasteiger partial charge in [-0.05, 0) is 36.8 Å². The van der Waals surface area contributed by atoms with Gasteiger partial charge in [-0.3, -0.25) is 9.98 Å². The molecular weight excluding hydrogens is 491 g/mol. The highest BCUT2D eigenvalue weighted by molar-refractivity contribution is 14.0. The number of hydrogen-bond donors (Lipinski definition) is 2. The van der Waals surface area contributed by atoms with E-state index in [4.69, 9.17) is 0 Å². The number of pyridine rings is 1. The number of piperazine rings is 1. The summed E-state index contributed by atoms with van der Waals surface area (Å²) in [5.41, 5.74) is 1.05. The van der Waals surface area contributed by atoms with Gasteiger partial charge in [0.2, 0.25) is 0 Å². The van der Waals surface area contributed by atoms with Crippen LogP contribution in [0.2, 0.25) is 0 Å². The molecule has 3 rings (SSSR count). The highest BCUT2D eigenvalue weighted by Gasteiger charge is 2.22. The van der Waals surface area contributed by atoms with Crippen LogP contribution in [-0.2, 0) is 0 Å². The number of nitrogens with one attached hydrogen (secondary N) is 1. The van der Waals surface area contributed by atoms with Gasteiger partial charge in [-0.25, -0.2) is 8.78 Å². The van der Waals surface area contributed by atoms with Crippen molar-refractivity contribution in [1.82, 2.24) is 15.2 Å². The van der Waals surface area contributed by atoms with Crippen LogP contribution in [0.4, 0.5) is 14.5 Å². The van der Waals surface area contributed by atoms with E-state index in [0.29, 0.717) is 38.7 Å². The number of halogens is 3. The predicted molar refractivity (Wildman–Crippen MR) is 121 cm³/mol. The smallest absolute Gasteiger partial charge is 0.194 e. The Morgan fingerprint density at radius 1 is 1.17 bits per heavy atom. The van der Waals surface area contributed by atoms with Crippen LogP contribution in [-0.4, -0.2) is 60.2 Å². The monoisotopic (exact) mass is 517 g/mol. The third-order valence-corrected chi connectivity index (χ3v) is 4.67. The Morgan fingerprint density at radius 3 is 2.52 bits per heavy atom. The molecule has 2 heterocycles. The van der Waals surface area contributed by atoms with E-state index in [1.54, 1.807) is 24.5 Å². The number of rotatable bonds is 5. The van der Waals surface area contributed by atoms with Gasteiger partial charge >= 0.3 is 0 Å². The zero-order valence-corrected chi connectivity index (χ0v) is 18.6. The summed E-state index contributed by atoms with van der Waals surface area (Å²) < 4.78 is 27.5. The van der Waals surface area contributed by atoms with Crippen molar-refractivity contribution in [1.29, 1.82) is 0 Å². The highest BCUT2D eigenvalue weighted by atomic mass is 127. The summed E-state index contributed by atoms with van der Waals surface area (Å²) in [6.07, 6.45) is 2.57. The van der Waals surface area contributed by atoms with Gasteiger partial charge in [0.05, 0.1) is 18.3 Å². The molecule has 1 fully saturated rings. The zero-order valence-electron chi connectivity index (χ0n) is 16.3. The molecular formula is C20H26F2IN5O. The maximum atomic E-state index is 14.0. The van der Waals surface area contributed by atoms with E-state index in [-0.39, 0.29) is 36.2 Å². The average Bonchev–Trinajstić information content (AvgIpc) is 2.73. The predicted octanol–water partition coefficient (Wildman–Crippen LogP) is 2.80. The van der Waals surface area contributed by atoms with Crippen molar-refractivity contribution in [2.75, 3.05) is 44.2 Å². The molecule has 1 aliphatic heterocycles. The van der Waals surface area contributed by atoms with Gasteiger partial charge in [0, 0.05) is 51.2 Å². The quantitative estimate of drug-likeness (QED) is 0.363. The first kappa shape index (κ1) is 23.3. The van der Waals surface area contributed by atoms with Crippen LogP contribution in [0.3, 0.4) is 0 Å². The van der Waals surface area contributed by atoms with Crippen LogP contribution in [0.1, 0.15) is 18.6 Å². The van der Waals surface area contributed by atoms with E-state index >= 15 is 0 Å². The Bertz CT molecular complexity index is 801.